The van der Waals surface area contributed by atoms with Crippen molar-refractivity contribution in [1.29, 1.82) is 0 Å². The number of imidazole rings is 1. The first-order chi connectivity index (χ1) is 12.5. The normalized spacial score (nSPS) is 11.0. The molecule has 1 aromatic heterocycles. The van der Waals surface area contributed by atoms with Gasteiger partial charge in [0.25, 0.3) is 0 Å². The maximum absolute atomic E-state index is 11.3. The second-order valence-electron chi connectivity index (χ2n) is 5.80. The van der Waals surface area contributed by atoms with Crippen LogP contribution in [0.25, 0.3) is 27.8 Å². The molecule has 1 N–H and O–H groups in total. The first-order valence-corrected chi connectivity index (χ1v) is 8.55. The lowest BCUT2D eigenvalue weighted by atomic mass is 10.0. The number of carbonyl (C=O) groups is 1. The van der Waals surface area contributed by atoms with Crippen molar-refractivity contribution in [1.82, 2.24) is 9.55 Å². The molecule has 6 heteroatoms. The Hall–Kier alpha value is -2.82. The molecule has 0 saturated heterocycles. The molecule has 3 aromatic carbocycles. The van der Waals surface area contributed by atoms with Gasteiger partial charge in [-0.25, -0.2) is 9.78 Å². The van der Waals surface area contributed by atoms with Crippen LogP contribution in [0, 0.1) is 0 Å². The van der Waals surface area contributed by atoms with Crippen molar-refractivity contribution in [3.8, 4) is 16.8 Å². The van der Waals surface area contributed by atoms with Crippen molar-refractivity contribution in [2.24, 2.45) is 0 Å². The fourth-order valence-corrected chi connectivity index (χ4v) is 3.41. The van der Waals surface area contributed by atoms with Crippen molar-refractivity contribution >= 4 is 40.2 Å². The summed E-state index contributed by atoms with van der Waals surface area (Å²) in [6, 6.07) is 18.0. The van der Waals surface area contributed by atoms with Gasteiger partial charge in [0.15, 0.2) is 0 Å². The number of nitrogens with zero attached hydrogens (tertiary/aromatic N) is 2. The van der Waals surface area contributed by atoms with E-state index >= 15 is 0 Å². The van der Waals surface area contributed by atoms with E-state index in [-0.39, 0.29) is 5.56 Å². The molecule has 26 heavy (non-hydrogen) atoms. The van der Waals surface area contributed by atoms with Crippen LogP contribution in [0.5, 0.6) is 0 Å². The molecule has 1 heterocycles. The highest BCUT2D eigenvalue weighted by molar-refractivity contribution is 6.36. The summed E-state index contributed by atoms with van der Waals surface area (Å²) in [6.45, 7) is 0. The summed E-state index contributed by atoms with van der Waals surface area (Å²) in [5.74, 6) is -0.971. The van der Waals surface area contributed by atoms with Crippen LogP contribution in [0.2, 0.25) is 10.0 Å². The van der Waals surface area contributed by atoms with Gasteiger partial charge in [0, 0.05) is 21.3 Å². The summed E-state index contributed by atoms with van der Waals surface area (Å²) in [5, 5.41) is 10.4. The maximum atomic E-state index is 11.3. The third-order valence-electron chi connectivity index (χ3n) is 4.16. The Bertz CT molecular complexity index is 1150. The first-order valence-electron chi connectivity index (χ1n) is 7.79. The minimum Gasteiger partial charge on any atom is -0.478 e. The van der Waals surface area contributed by atoms with Gasteiger partial charge >= 0.3 is 5.97 Å². The third-order valence-corrected chi connectivity index (χ3v) is 4.71. The summed E-state index contributed by atoms with van der Waals surface area (Å²) in [5.41, 5.74) is 4.33. The van der Waals surface area contributed by atoms with E-state index in [2.05, 4.69) is 4.98 Å². The number of carboxylic acids is 1. The van der Waals surface area contributed by atoms with Crippen LogP contribution < -0.4 is 0 Å². The van der Waals surface area contributed by atoms with Gasteiger partial charge in [-0.05, 0) is 48.0 Å². The SMILES string of the molecule is O=C(O)c1ccc2ncn(-c3cccc(-c4ccc(Cl)cc4Cl)c3)c2c1. The Balaban J connectivity index is 1.85. The number of carboxylic acid groups (broad SMARTS) is 1. The van der Waals surface area contributed by atoms with Crippen molar-refractivity contribution in [2.45, 2.75) is 0 Å². The maximum Gasteiger partial charge on any atom is 0.335 e. The lowest BCUT2D eigenvalue weighted by molar-refractivity contribution is 0.0697. The molecule has 0 aliphatic rings. The summed E-state index contributed by atoms with van der Waals surface area (Å²) in [4.78, 5) is 15.6. The number of hydrogen-bond donors (Lipinski definition) is 1. The van der Waals surface area contributed by atoms with Gasteiger partial charge in [-0.15, -0.1) is 0 Å². The number of aromatic carboxylic acids is 1. The van der Waals surface area contributed by atoms with Crippen molar-refractivity contribution < 1.29 is 9.90 Å². The number of halogens is 2. The lowest BCUT2D eigenvalue weighted by Crippen LogP contribution is -1.97. The average molecular weight is 383 g/mol. The summed E-state index contributed by atoms with van der Waals surface area (Å²) < 4.78 is 1.86. The Morgan fingerprint density at radius 1 is 1.00 bits per heavy atom. The zero-order valence-corrected chi connectivity index (χ0v) is 14.9. The zero-order valence-electron chi connectivity index (χ0n) is 13.4. The molecule has 0 unspecified atom stereocenters. The number of aromatic nitrogens is 2. The molecular formula is C20H12Cl2N2O2. The van der Waals surface area contributed by atoms with Crippen molar-refractivity contribution in [2.75, 3.05) is 0 Å². The van der Waals surface area contributed by atoms with Gasteiger partial charge in [-0.2, -0.15) is 0 Å². The molecule has 0 radical (unpaired) electrons. The third kappa shape index (κ3) is 2.94. The molecule has 4 nitrogen and oxygen atoms in total. The van der Waals surface area contributed by atoms with E-state index < -0.39 is 5.97 Å². The second kappa shape index (κ2) is 6.48. The standard InChI is InChI=1S/C20H12Cl2N2O2/c21-14-5-6-16(17(22)10-14)12-2-1-3-15(8-12)24-11-23-18-7-4-13(20(25)26)9-19(18)24/h1-11H,(H,25,26). The van der Waals surface area contributed by atoms with E-state index in [1.54, 1.807) is 36.7 Å². The number of fused-ring (bicyclic) bond motifs is 1. The summed E-state index contributed by atoms with van der Waals surface area (Å²) in [6.07, 6.45) is 1.68. The lowest BCUT2D eigenvalue weighted by Gasteiger charge is -2.09. The van der Waals surface area contributed by atoms with Gasteiger partial charge in [0.05, 0.1) is 16.6 Å². The largest absolute Gasteiger partial charge is 0.478 e. The number of rotatable bonds is 3. The van der Waals surface area contributed by atoms with Crippen LogP contribution in [0.3, 0.4) is 0 Å². The molecular weight excluding hydrogens is 371 g/mol. The quantitative estimate of drug-likeness (QED) is 0.494. The first kappa shape index (κ1) is 16.6. The van der Waals surface area contributed by atoms with Crippen molar-refractivity contribution in [3.63, 3.8) is 0 Å². The Morgan fingerprint density at radius 3 is 2.62 bits per heavy atom. The highest BCUT2D eigenvalue weighted by atomic mass is 35.5. The number of hydrogen-bond acceptors (Lipinski definition) is 2. The van der Waals surface area contributed by atoms with Gasteiger partial charge < -0.3 is 5.11 Å². The van der Waals surface area contributed by atoms with Crippen LogP contribution in [0.1, 0.15) is 10.4 Å². The Morgan fingerprint density at radius 2 is 1.85 bits per heavy atom. The topological polar surface area (TPSA) is 55.1 Å². The molecule has 128 valence electrons. The van der Waals surface area contributed by atoms with Crippen molar-refractivity contribution in [3.05, 3.63) is 82.6 Å². The Kier molecular flexibility index (Phi) is 4.15. The van der Waals surface area contributed by atoms with Crippen LogP contribution in [0.4, 0.5) is 0 Å². The monoisotopic (exact) mass is 382 g/mol. The van der Waals surface area contributed by atoms with Gasteiger partial charge in [0.2, 0.25) is 0 Å². The molecule has 4 rings (SSSR count). The molecule has 0 spiro atoms. The highest BCUT2D eigenvalue weighted by Crippen LogP contribution is 2.32. The molecule has 0 aliphatic carbocycles. The van der Waals surface area contributed by atoms with E-state index in [4.69, 9.17) is 23.2 Å². The van der Waals surface area contributed by atoms with E-state index in [1.165, 1.54) is 0 Å². The average Bonchev–Trinajstić information content (AvgIpc) is 3.05. The molecule has 0 aliphatic heterocycles. The van der Waals surface area contributed by atoms with Crippen LogP contribution in [0.15, 0.2) is 67.0 Å². The van der Waals surface area contributed by atoms with E-state index in [0.717, 1.165) is 27.8 Å². The predicted molar refractivity (Wildman–Crippen MR) is 103 cm³/mol. The minimum absolute atomic E-state index is 0.219. The summed E-state index contributed by atoms with van der Waals surface area (Å²) in [7, 11) is 0. The predicted octanol–water partition coefficient (Wildman–Crippen LogP) is 5.70. The van der Waals surface area contributed by atoms with E-state index in [0.29, 0.717) is 10.0 Å². The molecule has 0 saturated carbocycles. The Labute approximate surface area is 159 Å². The van der Waals surface area contributed by atoms with Crippen LogP contribution in [-0.4, -0.2) is 20.6 Å². The van der Waals surface area contributed by atoms with Gasteiger partial charge in [0.1, 0.15) is 6.33 Å². The number of benzene rings is 3. The van der Waals surface area contributed by atoms with Crippen LogP contribution in [-0.2, 0) is 0 Å². The molecule has 0 amide bonds. The van der Waals surface area contributed by atoms with E-state index in [1.807, 2.05) is 34.9 Å². The molecule has 0 fully saturated rings. The van der Waals surface area contributed by atoms with Gasteiger partial charge in [-0.3, -0.25) is 4.57 Å². The zero-order chi connectivity index (χ0) is 18.3. The molecule has 4 aromatic rings. The molecule has 0 bridgehead atoms. The second-order valence-corrected chi connectivity index (χ2v) is 6.64. The van der Waals surface area contributed by atoms with E-state index in [9.17, 15) is 9.90 Å². The molecule has 0 atom stereocenters. The minimum atomic E-state index is -0.971. The highest BCUT2D eigenvalue weighted by Gasteiger charge is 2.11. The fourth-order valence-electron chi connectivity index (χ4n) is 2.89. The fraction of sp³-hybridized carbons (Fsp3) is 0. The van der Waals surface area contributed by atoms with Gasteiger partial charge in [-0.1, -0.05) is 41.4 Å². The smallest absolute Gasteiger partial charge is 0.335 e. The van der Waals surface area contributed by atoms with Crippen LogP contribution >= 0.6 is 23.2 Å². The summed E-state index contributed by atoms with van der Waals surface area (Å²) >= 11 is 12.3.